The van der Waals surface area contributed by atoms with Crippen LogP contribution < -0.4 is 0 Å². The third-order valence-corrected chi connectivity index (χ3v) is 4.67. The van der Waals surface area contributed by atoms with Crippen molar-refractivity contribution in [2.45, 2.75) is 51.5 Å². The van der Waals surface area contributed by atoms with E-state index in [0.29, 0.717) is 12.3 Å². The predicted octanol–water partition coefficient (Wildman–Crippen LogP) is 3.67. The molecule has 2 unspecified atom stereocenters. The van der Waals surface area contributed by atoms with Crippen molar-refractivity contribution in [3.05, 3.63) is 35.9 Å². The van der Waals surface area contributed by atoms with Gasteiger partial charge in [-0.1, -0.05) is 43.2 Å². The molecule has 1 aliphatic heterocycles. The Kier molecular flexibility index (Phi) is 6.78. The van der Waals surface area contributed by atoms with Gasteiger partial charge < -0.3 is 9.90 Å². The lowest BCUT2D eigenvalue weighted by Crippen LogP contribution is -2.32. The van der Waals surface area contributed by atoms with E-state index in [2.05, 4.69) is 4.90 Å². The summed E-state index contributed by atoms with van der Waals surface area (Å²) in [5.41, 5.74) is 0.863. The Hall–Kier alpha value is -1.68. The third-order valence-electron chi connectivity index (χ3n) is 4.67. The van der Waals surface area contributed by atoms with Crippen LogP contribution in [0.2, 0.25) is 0 Å². The Balaban J connectivity index is 1.81. The normalized spacial score (nSPS) is 19.6. The summed E-state index contributed by atoms with van der Waals surface area (Å²) >= 11 is 0. The molecule has 0 amide bonds. The zero-order valence-corrected chi connectivity index (χ0v) is 13.9. The SMILES string of the molecule is CC(=O)CCCCCC1CCN(C(C(=O)O)c2ccccc2)C1. The van der Waals surface area contributed by atoms with Crippen molar-refractivity contribution in [1.29, 1.82) is 0 Å². The number of ketones is 1. The number of benzene rings is 1. The molecule has 2 atom stereocenters. The summed E-state index contributed by atoms with van der Waals surface area (Å²) in [5, 5.41) is 9.60. The number of nitrogens with zero attached hydrogens (tertiary/aromatic N) is 1. The number of carbonyl (C=O) groups excluding carboxylic acids is 1. The van der Waals surface area contributed by atoms with Crippen LogP contribution in [0, 0.1) is 5.92 Å². The van der Waals surface area contributed by atoms with E-state index in [4.69, 9.17) is 0 Å². The highest BCUT2D eigenvalue weighted by molar-refractivity contribution is 5.75. The third kappa shape index (κ3) is 5.47. The quantitative estimate of drug-likeness (QED) is 0.706. The first-order chi connectivity index (χ1) is 11.1. The summed E-state index contributed by atoms with van der Waals surface area (Å²) in [6.45, 7) is 3.35. The van der Waals surface area contributed by atoms with E-state index < -0.39 is 12.0 Å². The van der Waals surface area contributed by atoms with Crippen LogP contribution in [-0.4, -0.2) is 34.8 Å². The van der Waals surface area contributed by atoms with Crippen LogP contribution in [0.1, 0.15) is 57.1 Å². The lowest BCUT2D eigenvalue weighted by molar-refractivity contribution is -0.143. The molecule has 0 aliphatic carbocycles. The van der Waals surface area contributed by atoms with Crippen LogP contribution in [-0.2, 0) is 9.59 Å². The first-order valence-corrected chi connectivity index (χ1v) is 8.59. The maximum atomic E-state index is 11.7. The fourth-order valence-electron chi connectivity index (χ4n) is 3.46. The molecule has 1 fully saturated rings. The summed E-state index contributed by atoms with van der Waals surface area (Å²) in [7, 11) is 0. The molecule has 1 aromatic rings. The maximum Gasteiger partial charge on any atom is 0.325 e. The average molecular weight is 317 g/mol. The molecule has 0 saturated carbocycles. The van der Waals surface area contributed by atoms with Gasteiger partial charge in [0.25, 0.3) is 0 Å². The van der Waals surface area contributed by atoms with Gasteiger partial charge in [0.2, 0.25) is 0 Å². The highest BCUT2D eigenvalue weighted by atomic mass is 16.4. The first-order valence-electron chi connectivity index (χ1n) is 8.59. The zero-order chi connectivity index (χ0) is 16.7. The topological polar surface area (TPSA) is 57.6 Å². The molecule has 0 radical (unpaired) electrons. The molecule has 4 nitrogen and oxygen atoms in total. The van der Waals surface area contributed by atoms with E-state index in [-0.39, 0.29) is 5.78 Å². The highest BCUT2D eigenvalue weighted by Crippen LogP contribution is 2.30. The van der Waals surface area contributed by atoms with E-state index in [1.54, 1.807) is 6.92 Å². The van der Waals surface area contributed by atoms with Crippen molar-refractivity contribution in [3.8, 4) is 0 Å². The molecule has 1 saturated heterocycles. The molecule has 0 spiro atoms. The largest absolute Gasteiger partial charge is 0.480 e. The second-order valence-electron chi connectivity index (χ2n) is 6.60. The first kappa shape index (κ1) is 17.7. The molecule has 2 rings (SSSR count). The van der Waals surface area contributed by atoms with Crippen LogP contribution >= 0.6 is 0 Å². The van der Waals surface area contributed by atoms with Gasteiger partial charge in [-0.2, -0.15) is 0 Å². The summed E-state index contributed by atoms with van der Waals surface area (Å²) in [6.07, 6.45) is 6.10. The van der Waals surface area contributed by atoms with Crippen molar-refractivity contribution in [2.75, 3.05) is 13.1 Å². The predicted molar refractivity (Wildman–Crippen MR) is 90.3 cm³/mol. The molecule has 4 heteroatoms. The van der Waals surface area contributed by atoms with Gasteiger partial charge in [0.1, 0.15) is 11.8 Å². The minimum Gasteiger partial charge on any atom is -0.480 e. The summed E-state index contributed by atoms with van der Waals surface area (Å²) < 4.78 is 0. The van der Waals surface area contributed by atoms with Crippen LogP contribution in [0.5, 0.6) is 0 Å². The molecule has 0 aromatic heterocycles. The van der Waals surface area contributed by atoms with Gasteiger partial charge in [-0.05, 0) is 44.2 Å². The van der Waals surface area contributed by atoms with Gasteiger partial charge in [-0.3, -0.25) is 9.69 Å². The Labute approximate surface area is 138 Å². The molecule has 0 bridgehead atoms. The standard InChI is InChI=1S/C19H27NO3/c1-15(21)8-4-2-5-9-16-12-13-20(14-16)18(19(22)23)17-10-6-3-7-11-17/h3,6-7,10-11,16,18H,2,4-5,8-9,12-14H2,1H3,(H,22,23). The fourth-order valence-corrected chi connectivity index (χ4v) is 3.46. The van der Waals surface area contributed by atoms with Gasteiger partial charge in [-0.25, -0.2) is 0 Å². The van der Waals surface area contributed by atoms with Crippen molar-refractivity contribution < 1.29 is 14.7 Å². The summed E-state index contributed by atoms with van der Waals surface area (Å²) in [6, 6.07) is 8.97. The van der Waals surface area contributed by atoms with Crippen LogP contribution in [0.15, 0.2) is 30.3 Å². The van der Waals surface area contributed by atoms with E-state index >= 15 is 0 Å². The number of carboxylic acid groups (broad SMARTS) is 1. The van der Waals surface area contributed by atoms with E-state index in [0.717, 1.165) is 50.8 Å². The number of aliphatic carboxylic acids is 1. The summed E-state index contributed by atoms with van der Waals surface area (Å²) in [5.74, 6) is 0.0837. The van der Waals surface area contributed by atoms with Crippen molar-refractivity contribution in [1.82, 2.24) is 4.90 Å². The van der Waals surface area contributed by atoms with Gasteiger partial charge >= 0.3 is 5.97 Å². The second kappa shape index (κ2) is 8.82. The van der Waals surface area contributed by atoms with Gasteiger partial charge in [0, 0.05) is 13.0 Å². The van der Waals surface area contributed by atoms with Crippen LogP contribution in [0.4, 0.5) is 0 Å². The van der Waals surface area contributed by atoms with Crippen LogP contribution in [0.25, 0.3) is 0 Å². The molecule has 1 aliphatic rings. The minimum absolute atomic E-state index is 0.268. The van der Waals surface area contributed by atoms with Crippen molar-refractivity contribution in [3.63, 3.8) is 0 Å². The second-order valence-corrected chi connectivity index (χ2v) is 6.60. The Morgan fingerprint density at radius 1 is 1.22 bits per heavy atom. The van der Waals surface area contributed by atoms with Crippen molar-refractivity contribution >= 4 is 11.8 Å². The maximum absolute atomic E-state index is 11.7. The molecule has 126 valence electrons. The molecule has 1 aromatic carbocycles. The van der Waals surface area contributed by atoms with Gasteiger partial charge in [0.05, 0.1) is 0 Å². The number of rotatable bonds is 9. The number of unbranched alkanes of at least 4 members (excludes halogenated alkanes) is 2. The van der Waals surface area contributed by atoms with Gasteiger partial charge in [-0.15, -0.1) is 0 Å². The lowest BCUT2D eigenvalue weighted by Gasteiger charge is -2.24. The Morgan fingerprint density at radius 3 is 2.61 bits per heavy atom. The lowest BCUT2D eigenvalue weighted by atomic mass is 9.99. The molecule has 23 heavy (non-hydrogen) atoms. The summed E-state index contributed by atoms with van der Waals surface area (Å²) in [4.78, 5) is 24.7. The molecule has 1 N–H and O–H groups in total. The Bertz CT molecular complexity index is 515. The average Bonchev–Trinajstić information content (AvgIpc) is 2.96. The monoisotopic (exact) mass is 317 g/mol. The van der Waals surface area contributed by atoms with Crippen molar-refractivity contribution in [2.24, 2.45) is 5.92 Å². The van der Waals surface area contributed by atoms with Gasteiger partial charge in [0.15, 0.2) is 0 Å². The minimum atomic E-state index is -0.765. The smallest absolute Gasteiger partial charge is 0.325 e. The Morgan fingerprint density at radius 2 is 1.96 bits per heavy atom. The number of Topliss-reactive ketones (excluding diaryl/α,β-unsaturated/α-hetero) is 1. The number of hydrogen-bond acceptors (Lipinski definition) is 3. The number of carboxylic acids is 1. The molecular formula is C19H27NO3. The van der Waals surface area contributed by atoms with Crippen LogP contribution in [0.3, 0.4) is 0 Å². The number of hydrogen-bond donors (Lipinski definition) is 1. The van der Waals surface area contributed by atoms with E-state index in [9.17, 15) is 14.7 Å². The van der Waals surface area contributed by atoms with E-state index in [1.807, 2.05) is 30.3 Å². The number of carbonyl (C=O) groups is 2. The van der Waals surface area contributed by atoms with E-state index in [1.165, 1.54) is 0 Å². The zero-order valence-electron chi connectivity index (χ0n) is 13.9. The molecular weight excluding hydrogens is 290 g/mol. The fraction of sp³-hybridized carbons (Fsp3) is 0.579. The highest BCUT2D eigenvalue weighted by Gasteiger charge is 2.33. The molecule has 1 heterocycles. The number of likely N-dealkylation sites (tertiary alicyclic amines) is 1.